The smallest absolute Gasteiger partial charge is 0.416 e. The highest BCUT2D eigenvalue weighted by molar-refractivity contribution is 6.08. The first-order valence-corrected chi connectivity index (χ1v) is 12.4. The molecule has 1 aliphatic rings. The van der Waals surface area contributed by atoms with Crippen molar-refractivity contribution >= 4 is 23.8 Å². The Morgan fingerprint density at radius 2 is 1.64 bits per heavy atom. The molecule has 42 heavy (non-hydrogen) atoms. The van der Waals surface area contributed by atoms with Gasteiger partial charge < -0.3 is 10.1 Å². The van der Waals surface area contributed by atoms with Gasteiger partial charge in [-0.2, -0.15) is 18.2 Å². The summed E-state index contributed by atoms with van der Waals surface area (Å²) >= 11 is 0. The second-order valence-corrected chi connectivity index (χ2v) is 9.26. The first-order chi connectivity index (χ1) is 20.0. The number of carbonyl (C=O) groups excluding carboxylic acids is 4. The zero-order chi connectivity index (χ0) is 30.1. The van der Waals surface area contributed by atoms with Crippen LogP contribution in [-0.2, 0) is 26.0 Å². The number of nitrogens with zero attached hydrogens (tertiary/aromatic N) is 4. The minimum absolute atomic E-state index is 0.0204. The molecule has 5 rings (SSSR count). The van der Waals surface area contributed by atoms with Gasteiger partial charge >= 0.3 is 18.2 Å². The molecule has 1 saturated heterocycles. The number of hydrogen-bond acceptors (Lipinski definition) is 7. The van der Waals surface area contributed by atoms with Crippen LogP contribution in [0.5, 0.6) is 0 Å². The molecular weight excluding hydrogens is 557 g/mol. The topological polar surface area (TPSA) is 136 Å². The fraction of sp³-hybridized carbons (Fsp3) is 0.143. The summed E-state index contributed by atoms with van der Waals surface area (Å²) in [7, 11) is 0. The third-order valence-electron chi connectivity index (χ3n) is 6.35. The highest BCUT2D eigenvalue weighted by atomic mass is 19.4. The monoisotopic (exact) mass is 578 g/mol. The van der Waals surface area contributed by atoms with Crippen molar-refractivity contribution in [1.29, 1.82) is 0 Å². The first-order valence-electron chi connectivity index (χ1n) is 12.4. The minimum atomic E-state index is -4.62. The number of aromatic nitrogens is 3. The Bertz CT molecular complexity index is 1680. The van der Waals surface area contributed by atoms with Crippen LogP contribution in [0.4, 0.5) is 18.0 Å². The summed E-state index contributed by atoms with van der Waals surface area (Å²) in [5.41, 5.74) is 0.649. The first kappa shape index (κ1) is 28.0. The molecule has 3 aromatic carbocycles. The molecule has 214 valence electrons. The average Bonchev–Trinajstić information content (AvgIpc) is 3.53. The van der Waals surface area contributed by atoms with E-state index in [2.05, 4.69) is 20.8 Å². The van der Waals surface area contributed by atoms with E-state index in [1.54, 1.807) is 60.7 Å². The number of hydrazine groups is 1. The average molecular weight is 579 g/mol. The number of esters is 1. The Morgan fingerprint density at radius 1 is 0.976 bits per heavy atom. The Balaban J connectivity index is 1.32. The zero-order valence-electron chi connectivity index (χ0n) is 21.8. The van der Waals surface area contributed by atoms with Crippen molar-refractivity contribution < 1.29 is 37.1 Å². The quantitative estimate of drug-likeness (QED) is 0.253. The summed E-state index contributed by atoms with van der Waals surface area (Å²) < 4.78 is 46.0. The van der Waals surface area contributed by atoms with Crippen molar-refractivity contribution in [3.8, 4) is 17.1 Å². The highest BCUT2D eigenvalue weighted by Gasteiger charge is 2.50. The molecule has 14 heteroatoms. The molecule has 4 amide bonds. The van der Waals surface area contributed by atoms with Crippen LogP contribution in [0, 0.1) is 0 Å². The van der Waals surface area contributed by atoms with E-state index in [1.807, 2.05) is 0 Å². The third kappa shape index (κ3) is 5.41. The summed E-state index contributed by atoms with van der Waals surface area (Å²) in [5, 5.41) is 7.04. The summed E-state index contributed by atoms with van der Waals surface area (Å²) in [5.74, 6) is -3.42. The molecule has 2 heterocycles. The van der Waals surface area contributed by atoms with Gasteiger partial charge in [0.2, 0.25) is 0 Å². The maximum atomic E-state index is 13.3. The number of nitrogens with one attached hydrogen (secondary N) is 2. The van der Waals surface area contributed by atoms with Crippen LogP contribution in [0.1, 0.15) is 28.7 Å². The minimum Gasteiger partial charge on any atom is -0.450 e. The molecule has 1 aliphatic heterocycles. The van der Waals surface area contributed by atoms with Crippen molar-refractivity contribution in [2.75, 3.05) is 6.61 Å². The zero-order valence-corrected chi connectivity index (χ0v) is 21.8. The number of hydrogen-bond donors (Lipinski definition) is 2. The molecule has 11 nitrogen and oxygen atoms in total. The predicted octanol–water partition coefficient (Wildman–Crippen LogP) is 3.61. The van der Waals surface area contributed by atoms with Crippen molar-refractivity contribution in [2.24, 2.45) is 0 Å². The van der Waals surface area contributed by atoms with Crippen molar-refractivity contribution in [1.82, 2.24) is 30.5 Å². The lowest BCUT2D eigenvalue weighted by atomic mass is 9.92. The summed E-state index contributed by atoms with van der Waals surface area (Å²) in [6.07, 6.45) is -4.62. The summed E-state index contributed by atoms with van der Waals surface area (Å²) in [4.78, 5) is 54.8. The lowest BCUT2D eigenvalue weighted by Crippen LogP contribution is -2.49. The van der Waals surface area contributed by atoms with Gasteiger partial charge in [0.15, 0.2) is 12.4 Å². The number of amides is 4. The van der Waals surface area contributed by atoms with Gasteiger partial charge in [0, 0.05) is 5.56 Å². The Morgan fingerprint density at radius 3 is 2.31 bits per heavy atom. The van der Waals surface area contributed by atoms with E-state index in [0.29, 0.717) is 16.1 Å². The number of carbonyl (C=O) groups is 4. The Kier molecular flexibility index (Phi) is 7.20. The third-order valence-corrected chi connectivity index (χ3v) is 6.35. The number of ether oxygens (including phenoxy) is 1. The molecule has 2 N–H and O–H groups in total. The molecule has 0 bridgehead atoms. The number of alkyl halides is 3. The van der Waals surface area contributed by atoms with E-state index in [4.69, 9.17) is 4.74 Å². The Hall–Kier alpha value is -5.53. The normalized spacial score (nSPS) is 16.7. The maximum Gasteiger partial charge on any atom is 0.416 e. The molecule has 0 saturated carbocycles. The van der Waals surface area contributed by atoms with Crippen molar-refractivity contribution in [2.45, 2.75) is 18.6 Å². The molecule has 4 aromatic rings. The van der Waals surface area contributed by atoms with Crippen LogP contribution < -0.4 is 10.7 Å². The SMILES string of the molecule is CC1(c2ccccc2)NC(=O)N(NC(=O)COC(=O)c2nc(-c3ccccc3)n(-c3cccc(C(F)(F)F)c3)n2)C1=O. The van der Waals surface area contributed by atoms with E-state index >= 15 is 0 Å². The van der Waals surface area contributed by atoms with E-state index in [-0.39, 0.29) is 11.5 Å². The van der Waals surface area contributed by atoms with Crippen molar-refractivity contribution in [3.05, 3.63) is 102 Å². The highest BCUT2D eigenvalue weighted by Crippen LogP contribution is 2.31. The van der Waals surface area contributed by atoms with Gasteiger partial charge in [-0.15, -0.1) is 5.10 Å². The lowest BCUT2D eigenvalue weighted by Gasteiger charge is -2.22. The van der Waals surface area contributed by atoms with E-state index in [9.17, 15) is 32.3 Å². The van der Waals surface area contributed by atoms with Gasteiger partial charge in [-0.1, -0.05) is 66.7 Å². The van der Waals surface area contributed by atoms with Crippen LogP contribution in [-0.4, -0.2) is 50.2 Å². The van der Waals surface area contributed by atoms with Crippen molar-refractivity contribution in [3.63, 3.8) is 0 Å². The second-order valence-electron chi connectivity index (χ2n) is 9.26. The lowest BCUT2D eigenvalue weighted by molar-refractivity contribution is -0.140. The predicted molar refractivity (Wildman–Crippen MR) is 139 cm³/mol. The van der Waals surface area contributed by atoms with Crippen LogP contribution >= 0.6 is 0 Å². The second kappa shape index (κ2) is 10.8. The number of rotatable bonds is 7. The van der Waals surface area contributed by atoms with E-state index in [0.717, 1.165) is 16.8 Å². The van der Waals surface area contributed by atoms with Gasteiger partial charge in [-0.05, 0) is 30.7 Å². The summed E-state index contributed by atoms with van der Waals surface area (Å²) in [6, 6.07) is 20.1. The largest absolute Gasteiger partial charge is 0.450 e. The fourth-order valence-electron chi connectivity index (χ4n) is 4.23. The number of urea groups is 1. The van der Waals surface area contributed by atoms with Gasteiger partial charge in [0.05, 0.1) is 11.3 Å². The number of imide groups is 1. The molecular formula is C28H21F3N6O5. The van der Waals surface area contributed by atoms with Gasteiger partial charge in [0.1, 0.15) is 5.54 Å². The van der Waals surface area contributed by atoms with Crippen LogP contribution in [0.25, 0.3) is 17.1 Å². The molecule has 1 atom stereocenters. The molecule has 1 aromatic heterocycles. The maximum absolute atomic E-state index is 13.3. The van der Waals surface area contributed by atoms with Crippen LogP contribution in [0.3, 0.4) is 0 Å². The number of benzene rings is 3. The van der Waals surface area contributed by atoms with Gasteiger partial charge in [-0.25, -0.2) is 19.3 Å². The standard InChI is InChI=1S/C28H21F3N6O5/c1-27(18-11-6-3-7-12-18)25(40)37(26(41)33-27)34-21(38)16-42-24(39)22-32-23(17-9-4-2-5-10-17)36(35-22)20-14-8-13-19(15-20)28(29,30)31/h2-15H,16H2,1H3,(H,33,41)(H,34,38). The van der Waals surface area contributed by atoms with Gasteiger partial charge in [0.25, 0.3) is 17.6 Å². The van der Waals surface area contributed by atoms with E-state index < -0.39 is 53.5 Å². The molecule has 0 aliphatic carbocycles. The molecule has 0 radical (unpaired) electrons. The van der Waals surface area contributed by atoms with Gasteiger partial charge in [-0.3, -0.25) is 15.0 Å². The van der Waals surface area contributed by atoms with Crippen LogP contribution in [0.15, 0.2) is 84.9 Å². The van der Waals surface area contributed by atoms with Crippen LogP contribution in [0.2, 0.25) is 0 Å². The molecule has 0 spiro atoms. The number of halogens is 3. The molecule has 1 fully saturated rings. The van der Waals surface area contributed by atoms with E-state index in [1.165, 1.54) is 19.1 Å². The fourth-order valence-corrected chi connectivity index (χ4v) is 4.23. The summed E-state index contributed by atoms with van der Waals surface area (Å²) in [6.45, 7) is 0.558. The Labute approximate surface area is 235 Å². The molecule has 1 unspecified atom stereocenters.